The van der Waals surface area contributed by atoms with Gasteiger partial charge in [0.2, 0.25) is 0 Å². The molecule has 0 spiro atoms. The van der Waals surface area contributed by atoms with Crippen LogP contribution in [0.15, 0.2) is 84.9 Å². The fraction of sp³-hybridized carbons (Fsp3) is 0.200. The second-order valence-electron chi connectivity index (χ2n) is 7.45. The van der Waals surface area contributed by atoms with Crippen LogP contribution in [0.3, 0.4) is 0 Å². The summed E-state index contributed by atoms with van der Waals surface area (Å²) in [5.41, 5.74) is 2.89. The van der Waals surface area contributed by atoms with Gasteiger partial charge in [-0.05, 0) is 6.07 Å². The fourth-order valence-corrected chi connectivity index (χ4v) is 3.87. The number of nitrogens with zero attached hydrogens (tertiary/aromatic N) is 1. The lowest BCUT2D eigenvalue weighted by Gasteiger charge is -2.32. The van der Waals surface area contributed by atoms with Crippen LogP contribution >= 0.6 is 0 Å². The van der Waals surface area contributed by atoms with Crippen molar-refractivity contribution in [3.05, 3.63) is 107 Å². The smallest absolute Gasteiger partial charge is 0.255 e. The second kappa shape index (κ2) is 8.84. The number of piperazine rings is 1. The van der Waals surface area contributed by atoms with Crippen LogP contribution in [0.5, 0.6) is 0 Å². The quantitative estimate of drug-likeness (QED) is 0.686. The summed E-state index contributed by atoms with van der Waals surface area (Å²) in [7, 11) is 0. The second-order valence-corrected chi connectivity index (χ2v) is 7.45. The molecule has 1 fully saturated rings. The lowest BCUT2D eigenvalue weighted by molar-refractivity contribution is -0.917. The third-order valence-corrected chi connectivity index (χ3v) is 5.49. The number of hydrogen-bond donors (Lipinski definition) is 1. The van der Waals surface area contributed by atoms with Crippen molar-refractivity contribution >= 4 is 11.7 Å². The third-order valence-electron chi connectivity index (χ3n) is 5.49. The average Bonchev–Trinajstić information content (AvgIpc) is 2.80. The normalized spacial score (nSPS) is 14.6. The molecule has 29 heavy (non-hydrogen) atoms. The number of carbonyl (C=O) groups is 2. The molecule has 0 unspecified atom stereocenters. The molecule has 0 saturated carbocycles. The first-order valence-corrected chi connectivity index (χ1v) is 10.1. The Morgan fingerprint density at radius 3 is 1.93 bits per heavy atom. The van der Waals surface area contributed by atoms with Crippen molar-refractivity contribution in [3.63, 3.8) is 0 Å². The molecule has 0 radical (unpaired) electrons. The van der Waals surface area contributed by atoms with Gasteiger partial charge in [0.05, 0.1) is 31.7 Å². The highest BCUT2D eigenvalue weighted by Crippen LogP contribution is 2.17. The summed E-state index contributed by atoms with van der Waals surface area (Å²) in [5.74, 6) is -0.161. The Balaban J connectivity index is 1.45. The standard InChI is InChI=1S/C25H24N2O2/c28-24(21-11-5-2-6-12-21)22-13-7-8-14-23(22)25(29)27-17-15-26(16-18-27)19-20-9-3-1-4-10-20/h1-14H,15-19H2/p+1. The highest BCUT2D eigenvalue weighted by molar-refractivity contribution is 6.15. The Kier molecular flexibility index (Phi) is 5.82. The fourth-order valence-electron chi connectivity index (χ4n) is 3.87. The molecular formula is C25H25N2O2+. The third kappa shape index (κ3) is 4.44. The van der Waals surface area contributed by atoms with Crippen LogP contribution < -0.4 is 4.90 Å². The minimum absolute atomic E-state index is 0.0522. The molecule has 1 N–H and O–H groups in total. The van der Waals surface area contributed by atoms with Crippen molar-refractivity contribution in [2.24, 2.45) is 0 Å². The van der Waals surface area contributed by atoms with Gasteiger partial charge in [-0.25, -0.2) is 0 Å². The zero-order chi connectivity index (χ0) is 20.1. The van der Waals surface area contributed by atoms with Crippen LogP contribution in [0.4, 0.5) is 0 Å². The first kappa shape index (κ1) is 19.1. The van der Waals surface area contributed by atoms with Crippen LogP contribution in [0.2, 0.25) is 0 Å². The zero-order valence-electron chi connectivity index (χ0n) is 16.4. The molecule has 0 bridgehead atoms. The predicted octanol–water partition coefficient (Wildman–Crippen LogP) is 2.46. The maximum absolute atomic E-state index is 13.2. The maximum Gasteiger partial charge on any atom is 0.255 e. The van der Waals surface area contributed by atoms with E-state index in [1.165, 1.54) is 10.5 Å². The Morgan fingerprint density at radius 2 is 1.28 bits per heavy atom. The molecule has 0 atom stereocenters. The van der Waals surface area contributed by atoms with Gasteiger partial charge in [0.15, 0.2) is 5.78 Å². The minimum Gasteiger partial charge on any atom is -0.328 e. The number of hydrogen-bond acceptors (Lipinski definition) is 2. The highest BCUT2D eigenvalue weighted by atomic mass is 16.2. The SMILES string of the molecule is O=C(c1ccccc1)c1ccccc1C(=O)N1CC[NH+](Cc2ccccc2)CC1. The number of amides is 1. The van der Waals surface area contributed by atoms with Gasteiger partial charge in [-0.15, -0.1) is 0 Å². The predicted molar refractivity (Wildman–Crippen MR) is 113 cm³/mol. The Morgan fingerprint density at radius 1 is 0.724 bits per heavy atom. The first-order chi connectivity index (χ1) is 14.2. The van der Waals surface area contributed by atoms with E-state index >= 15 is 0 Å². The van der Waals surface area contributed by atoms with E-state index in [-0.39, 0.29) is 11.7 Å². The van der Waals surface area contributed by atoms with Gasteiger partial charge in [0.25, 0.3) is 5.91 Å². The molecule has 1 heterocycles. The van der Waals surface area contributed by atoms with Crippen LogP contribution in [-0.2, 0) is 6.54 Å². The highest BCUT2D eigenvalue weighted by Gasteiger charge is 2.27. The van der Waals surface area contributed by atoms with Crippen molar-refractivity contribution in [2.45, 2.75) is 6.54 Å². The molecule has 1 aliphatic rings. The number of benzene rings is 3. The van der Waals surface area contributed by atoms with Gasteiger partial charge in [-0.3, -0.25) is 9.59 Å². The summed E-state index contributed by atoms with van der Waals surface area (Å²) in [6.45, 7) is 4.21. The molecule has 1 saturated heterocycles. The van der Waals surface area contributed by atoms with Gasteiger partial charge in [0, 0.05) is 16.7 Å². The largest absolute Gasteiger partial charge is 0.328 e. The first-order valence-electron chi connectivity index (χ1n) is 10.1. The molecule has 1 aliphatic heterocycles. The molecular weight excluding hydrogens is 360 g/mol. The Hall–Kier alpha value is -3.24. The number of quaternary nitrogens is 1. The van der Waals surface area contributed by atoms with E-state index in [1.54, 1.807) is 24.3 Å². The van der Waals surface area contributed by atoms with E-state index in [0.29, 0.717) is 29.8 Å². The molecule has 4 nitrogen and oxygen atoms in total. The molecule has 146 valence electrons. The lowest BCUT2D eigenvalue weighted by Crippen LogP contribution is -3.13. The molecule has 0 aliphatic carbocycles. The average molecular weight is 385 g/mol. The Labute approximate surface area is 171 Å². The summed E-state index contributed by atoms with van der Waals surface area (Å²) in [6.07, 6.45) is 0. The molecule has 4 heteroatoms. The molecule has 4 rings (SSSR count). The van der Waals surface area contributed by atoms with E-state index in [4.69, 9.17) is 0 Å². The van der Waals surface area contributed by atoms with E-state index in [2.05, 4.69) is 24.3 Å². The molecule has 3 aromatic carbocycles. The summed E-state index contributed by atoms with van der Waals surface area (Å²) in [4.78, 5) is 29.5. The number of carbonyl (C=O) groups excluding carboxylic acids is 2. The van der Waals surface area contributed by atoms with E-state index in [9.17, 15) is 9.59 Å². The maximum atomic E-state index is 13.2. The van der Waals surface area contributed by atoms with Gasteiger partial charge in [-0.2, -0.15) is 0 Å². The monoisotopic (exact) mass is 385 g/mol. The lowest BCUT2D eigenvalue weighted by atomic mass is 9.97. The minimum atomic E-state index is -0.108. The number of rotatable bonds is 5. The molecule has 1 amide bonds. The topological polar surface area (TPSA) is 41.8 Å². The van der Waals surface area contributed by atoms with Crippen molar-refractivity contribution in [1.82, 2.24) is 4.90 Å². The van der Waals surface area contributed by atoms with Crippen molar-refractivity contribution in [2.75, 3.05) is 26.2 Å². The number of ketones is 1. The van der Waals surface area contributed by atoms with Crippen LogP contribution in [-0.4, -0.2) is 42.8 Å². The van der Waals surface area contributed by atoms with E-state index in [0.717, 1.165) is 19.6 Å². The molecule has 0 aromatic heterocycles. The van der Waals surface area contributed by atoms with Gasteiger partial charge in [-0.1, -0.05) is 78.9 Å². The number of nitrogens with one attached hydrogen (secondary N) is 1. The van der Waals surface area contributed by atoms with Crippen molar-refractivity contribution < 1.29 is 14.5 Å². The summed E-state index contributed by atoms with van der Waals surface area (Å²) in [6, 6.07) is 26.7. The molecule has 3 aromatic rings. The van der Waals surface area contributed by atoms with Gasteiger partial charge >= 0.3 is 0 Å². The van der Waals surface area contributed by atoms with Crippen LogP contribution in [0.25, 0.3) is 0 Å². The van der Waals surface area contributed by atoms with Crippen molar-refractivity contribution in [3.8, 4) is 0 Å². The summed E-state index contributed by atoms with van der Waals surface area (Å²) >= 11 is 0. The van der Waals surface area contributed by atoms with Crippen molar-refractivity contribution in [1.29, 1.82) is 0 Å². The van der Waals surface area contributed by atoms with Gasteiger partial charge in [0.1, 0.15) is 6.54 Å². The van der Waals surface area contributed by atoms with Crippen LogP contribution in [0, 0.1) is 0 Å². The van der Waals surface area contributed by atoms with E-state index < -0.39 is 0 Å². The van der Waals surface area contributed by atoms with Gasteiger partial charge < -0.3 is 9.80 Å². The summed E-state index contributed by atoms with van der Waals surface area (Å²) in [5, 5.41) is 0. The Bertz CT molecular complexity index is 978. The van der Waals surface area contributed by atoms with E-state index in [1.807, 2.05) is 41.3 Å². The van der Waals surface area contributed by atoms with Crippen LogP contribution in [0.1, 0.15) is 31.8 Å². The zero-order valence-corrected chi connectivity index (χ0v) is 16.4. The summed E-state index contributed by atoms with van der Waals surface area (Å²) < 4.78 is 0.